The van der Waals surface area contributed by atoms with Gasteiger partial charge in [-0.1, -0.05) is 42.5 Å². The molecule has 4 rings (SSSR count). The normalized spacial score (nSPS) is 10.4. The zero-order valence-corrected chi connectivity index (χ0v) is 15.0. The predicted octanol–water partition coefficient (Wildman–Crippen LogP) is 0.404. The molecule has 2 aromatic heterocycles. The van der Waals surface area contributed by atoms with Crippen LogP contribution in [-0.4, -0.2) is 15.8 Å². The summed E-state index contributed by atoms with van der Waals surface area (Å²) in [5, 5.41) is 0. The van der Waals surface area contributed by atoms with Crippen molar-refractivity contribution in [3.63, 3.8) is 0 Å². The summed E-state index contributed by atoms with van der Waals surface area (Å²) in [6, 6.07) is 21.2. The molecule has 0 aliphatic rings. The number of fused-ring (bicyclic) bond motifs is 1. The van der Waals surface area contributed by atoms with Crippen LogP contribution in [0.5, 0.6) is 0 Å². The van der Waals surface area contributed by atoms with Crippen LogP contribution in [0.1, 0.15) is 10.4 Å². The number of benzene rings is 2. The molecule has 0 spiro atoms. The fourth-order valence-corrected chi connectivity index (χ4v) is 2.69. The molecule has 2 aromatic carbocycles. The molecular formula is C20H16BrN3O. The first kappa shape index (κ1) is 17.0. The van der Waals surface area contributed by atoms with E-state index in [0.29, 0.717) is 6.54 Å². The number of imidazole rings is 1. The van der Waals surface area contributed by atoms with Gasteiger partial charge in [-0.15, -0.1) is 0 Å². The first-order chi connectivity index (χ1) is 11.8. The van der Waals surface area contributed by atoms with Gasteiger partial charge < -0.3 is 22.0 Å². The monoisotopic (exact) mass is 393 g/mol. The number of aromatic amines is 1. The molecule has 0 radical (unpaired) electrons. The number of carbonyl (C=O) groups is 1. The van der Waals surface area contributed by atoms with Crippen molar-refractivity contribution in [2.24, 2.45) is 0 Å². The Hall–Kier alpha value is -2.79. The van der Waals surface area contributed by atoms with Crippen LogP contribution in [0, 0.1) is 0 Å². The summed E-state index contributed by atoms with van der Waals surface area (Å²) in [5.41, 5.74) is 3.69. The molecule has 4 nitrogen and oxygen atoms in total. The minimum Gasteiger partial charge on any atom is -1.00 e. The van der Waals surface area contributed by atoms with Crippen LogP contribution in [0.15, 0.2) is 79.1 Å². The predicted molar refractivity (Wildman–Crippen MR) is 92.5 cm³/mol. The van der Waals surface area contributed by atoms with E-state index in [1.165, 1.54) is 0 Å². The number of halogens is 1. The van der Waals surface area contributed by atoms with Crippen molar-refractivity contribution in [1.29, 1.82) is 0 Å². The highest BCUT2D eigenvalue weighted by atomic mass is 79.9. The third-order valence-electron chi connectivity index (χ3n) is 3.98. The van der Waals surface area contributed by atoms with Crippen LogP contribution in [0.3, 0.4) is 0 Å². The molecule has 25 heavy (non-hydrogen) atoms. The van der Waals surface area contributed by atoms with Gasteiger partial charge in [0.05, 0.1) is 11.0 Å². The van der Waals surface area contributed by atoms with Crippen molar-refractivity contribution in [3.8, 4) is 11.4 Å². The Balaban J connectivity index is 0.00000182. The van der Waals surface area contributed by atoms with Gasteiger partial charge in [0.25, 0.3) is 0 Å². The molecule has 5 heteroatoms. The highest BCUT2D eigenvalue weighted by Gasteiger charge is 2.12. The zero-order chi connectivity index (χ0) is 16.4. The summed E-state index contributed by atoms with van der Waals surface area (Å²) < 4.78 is 1.88. The molecule has 0 aliphatic carbocycles. The average molecular weight is 394 g/mol. The second kappa shape index (κ2) is 7.40. The maximum atomic E-state index is 12.2. The van der Waals surface area contributed by atoms with Crippen molar-refractivity contribution in [2.75, 3.05) is 0 Å². The third-order valence-corrected chi connectivity index (χ3v) is 3.98. The number of nitrogens with one attached hydrogen (secondary N) is 1. The Morgan fingerprint density at radius 3 is 2.32 bits per heavy atom. The molecule has 0 atom stereocenters. The van der Waals surface area contributed by atoms with Gasteiger partial charge in [0, 0.05) is 23.3 Å². The summed E-state index contributed by atoms with van der Waals surface area (Å²) in [5.74, 6) is 0.926. The van der Waals surface area contributed by atoms with Crippen molar-refractivity contribution in [2.45, 2.75) is 6.54 Å². The second-order valence-corrected chi connectivity index (χ2v) is 5.65. The van der Waals surface area contributed by atoms with E-state index >= 15 is 0 Å². The summed E-state index contributed by atoms with van der Waals surface area (Å²) >= 11 is 0. The molecule has 0 amide bonds. The smallest absolute Gasteiger partial charge is 0.227 e. The van der Waals surface area contributed by atoms with E-state index in [-0.39, 0.29) is 22.8 Å². The molecule has 0 saturated heterocycles. The lowest BCUT2D eigenvalue weighted by atomic mass is 10.1. The number of H-pyrrole nitrogens is 1. The van der Waals surface area contributed by atoms with Crippen molar-refractivity contribution in [3.05, 3.63) is 84.7 Å². The average Bonchev–Trinajstić information content (AvgIpc) is 3.07. The number of rotatable bonds is 4. The minimum absolute atomic E-state index is 0. The molecule has 2 heterocycles. The Morgan fingerprint density at radius 1 is 0.920 bits per heavy atom. The summed E-state index contributed by atoms with van der Waals surface area (Å²) in [6.07, 6.45) is 3.81. The Labute approximate surface area is 155 Å². The Morgan fingerprint density at radius 2 is 1.60 bits per heavy atom. The first-order valence-corrected chi connectivity index (χ1v) is 7.82. The molecule has 0 saturated carbocycles. The van der Waals surface area contributed by atoms with E-state index in [0.717, 1.165) is 28.0 Å². The van der Waals surface area contributed by atoms with Gasteiger partial charge in [0.2, 0.25) is 12.3 Å². The number of hydrogen-bond donors (Lipinski definition) is 1. The molecule has 1 N–H and O–H groups in total. The fraction of sp³-hybridized carbons (Fsp3) is 0.0500. The fourth-order valence-electron chi connectivity index (χ4n) is 2.69. The minimum atomic E-state index is 0. The van der Waals surface area contributed by atoms with Crippen LogP contribution >= 0.6 is 0 Å². The number of nitrogens with zero attached hydrogens (tertiary/aromatic N) is 2. The molecule has 124 valence electrons. The van der Waals surface area contributed by atoms with E-state index < -0.39 is 0 Å². The van der Waals surface area contributed by atoms with Gasteiger partial charge in [0.1, 0.15) is 5.82 Å². The SMILES string of the molecule is O=C(C[n+]1ccc(-c2nc3ccccc3[nH]2)cc1)c1ccccc1.[Br-]. The topological polar surface area (TPSA) is 49.6 Å². The largest absolute Gasteiger partial charge is 1.00 e. The van der Waals surface area contributed by atoms with E-state index in [1.54, 1.807) is 0 Å². The molecule has 0 fully saturated rings. The molecule has 0 unspecified atom stereocenters. The van der Waals surface area contributed by atoms with E-state index in [9.17, 15) is 4.79 Å². The third kappa shape index (κ3) is 3.67. The highest BCUT2D eigenvalue weighted by Crippen LogP contribution is 2.18. The van der Waals surface area contributed by atoms with Crippen LogP contribution in [-0.2, 0) is 6.54 Å². The van der Waals surface area contributed by atoms with Gasteiger partial charge >= 0.3 is 0 Å². The van der Waals surface area contributed by atoms with Crippen LogP contribution in [0.4, 0.5) is 0 Å². The van der Waals surface area contributed by atoms with Gasteiger partial charge in [-0.05, 0) is 12.1 Å². The van der Waals surface area contributed by atoms with E-state index in [4.69, 9.17) is 0 Å². The summed E-state index contributed by atoms with van der Waals surface area (Å²) in [6.45, 7) is 0.324. The van der Waals surface area contributed by atoms with Crippen LogP contribution < -0.4 is 21.5 Å². The van der Waals surface area contributed by atoms with E-state index in [2.05, 4.69) is 9.97 Å². The quantitative estimate of drug-likeness (QED) is 0.403. The van der Waals surface area contributed by atoms with Gasteiger partial charge in [-0.3, -0.25) is 4.79 Å². The highest BCUT2D eigenvalue weighted by molar-refractivity contribution is 5.94. The zero-order valence-electron chi connectivity index (χ0n) is 13.4. The maximum absolute atomic E-state index is 12.2. The lowest BCUT2D eigenvalue weighted by Gasteiger charge is -1.99. The summed E-state index contributed by atoms with van der Waals surface area (Å²) in [4.78, 5) is 20.1. The standard InChI is InChI=1S/C20H15N3O.BrH/c24-19(15-6-2-1-3-7-15)14-23-12-10-16(11-13-23)20-21-17-8-4-5-9-18(17)22-20;/h1-13H,14H2;1H. The van der Waals surface area contributed by atoms with Crippen LogP contribution in [0.2, 0.25) is 0 Å². The molecule has 0 bridgehead atoms. The number of aromatic nitrogens is 3. The van der Waals surface area contributed by atoms with Crippen molar-refractivity contribution in [1.82, 2.24) is 9.97 Å². The maximum Gasteiger partial charge on any atom is 0.227 e. The molecular weight excluding hydrogens is 378 g/mol. The Kier molecular flexibility index (Phi) is 5.05. The lowest BCUT2D eigenvalue weighted by Crippen LogP contribution is -3.00. The van der Waals surface area contributed by atoms with Crippen molar-refractivity contribution >= 4 is 16.8 Å². The van der Waals surface area contributed by atoms with Gasteiger partial charge in [-0.25, -0.2) is 4.98 Å². The van der Waals surface area contributed by atoms with Gasteiger partial charge in [0.15, 0.2) is 12.4 Å². The Bertz CT molecular complexity index is 961. The van der Waals surface area contributed by atoms with Crippen LogP contribution in [0.25, 0.3) is 22.4 Å². The summed E-state index contributed by atoms with van der Waals surface area (Å²) in [7, 11) is 0. The molecule has 0 aliphatic heterocycles. The lowest BCUT2D eigenvalue weighted by molar-refractivity contribution is -0.683. The van der Waals surface area contributed by atoms with Crippen molar-refractivity contribution < 1.29 is 26.3 Å². The number of pyridine rings is 1. The molecule has 4 aromatic rings. The second-order valence-electron chi connectivity index (χ2n) is 5.65. The number of ketones is 1. The number of Topliss-reactive ketones (excluding diaryl/α,β-unsaturated/α-hetero) is 1. The van der Waals surface area contributed by atoms with Gasteiger partial charge in [-0.2, -0.15) is 4.57 Å². The van der Waals surface area contributed by atoms with E-state index in [1.807, 2.05) is 83.7 Å². The number of para-hydroxylation sites is 2. The number of carbonyl (C=O) groups excluding carboxylic acids is 1. The first-order valence-electron chi connectivity index (χ1n) is 7.82. The number of hydrogen-bond acceptors (Lipinski definition) is 2.